The number of hydrogen-bond acceptors (Lipinski definition) is 2. The number of halogens is 1. The molecule has 0 aromatic heterocycles. The van der Waals surface area contributed by atoms with Gasteiger partial charge in [0.05, 0.1) is 16.8 Å². The van der Waals surface area contributed by atoms with Crippen molar-refractivity contribution in [1.82, 2.24) is 0 Å². The summed E-state index contributed by atoms with van der Waals surface area (Å²) in [4.78, 5) is 0. The van der Waals surface area contributed by atoms with E-state index in [0.29, 0.717) is 0 Å². The Morgan fingerprint density at radius 3 is 2.33 bits per heavy atom. The van der Waals surface area contributed by atoms with Gasteiger partial charge in [0.1, 0.15) is 11.5 Å². The Balaban J connectivity index is 2.61. The van der Waals surface area contributed by atoms with Crippen LogP contribution in [0.5, 0.6) is 11.5 Å². The Bertz CT molecular complexity index is 300. The quantitative estimate of drug-likeness (QED) is 0.741. The molecule has 0 saturated carbocycles. The summed E-state index contributed by atoms with van der Waals surface area (Å²) in [7, 11) is 0. The zero-order valence-electron chi connectivity index (χ0n) is 9.25. The topological polar surface area (TPSA) is 18.5 Å². The van der Waals surface area contributed by atoms with E-state index in [4.69, 9.17) is 9.47 Å². The molecular weight excluding hydrogens is 303 g/mol. The van der Waals surface area contributed by atoms with Gasteiger partial charge in [0, 0.05) is 0 Å². The molecule has 0 unspecified atom stereocenters. The fourth-order valence-electron chi connectivity index (χ4n) is 1.12. The Hall–Kier alpha value is -0.450. The summed E-state index contributed by atoms with van der Waals surface area (Å²) in [5, 5.41) is 0. The molecule has 0 radical (unpaired) electrons. The van der Waals surface area contributed by atoms with Crippen LogP contribution in [0.25, 0.3) is 0 Å². The van der Waals surface area contributed by atoms with E-state index in [0.717, 1.165) is 41.1 Å². The van der Waals surface area contributed by atoms with Crippen molar-refractivity contribution in [3.63, 3.8) is 0 Å². The number of ether oxygens (including phenoxy) is 2. The first-order valence-electron chi connectivity index (χ1n) is 5.33. The standard InChI is InChI=1S/C12H17IO2/c1-3-7-14-10-5-6-12(11(13)9-10)15-8-4-2/h5-6,9H,3-4,7-8H2,1-2H3. The van der Waals surface area contributed by atoms with E-state index >= 15 is 0 Å². The minimum Gasteiger partial charge on any atom is -0.494 e. The van der Waals surface area contributed by atoms with Crippen molar-refractivity contribution in [2.75, 3.05) is 13.2 Å². The number of benzene rings is 1. The predicted molar refractivity (Wildman–Crippen MR) is 70.7 cm³/mol. The van der Waals surface area contributed by atoms with Crippen LogP contribution in [0.15, 0.2) is 18.2 Å². The SMILES string of the molecule is CCCOc1ccc(OCCC)c(I)c1. The highest BCUT2D eigenvalue weighted by atomic mass is 127. The van der Waals surface area contributed by atoms with Crippen molar-refractivity contribution in [3.05, 3.63) is 21.8 Å². The molecule has 0 heterocycles. The average molecular weight is 320 g/mol. The molecule has 0 spiro atoms. The second kappa shape index (κ2) is 6.93. The first-order valence-corrected chi connectivity index (χ1v) is 6.41. The van der Waals surface area contributed by atoms with Gasteiger partial charge in [0.2, 0.25) is 0 Å². The second-order valence-electron chi connectivity index (χ2n) is 3.29. The molecule has 0 aliphatic carbocycles. The van der Waals surface area contributed by atoms with E-state index in [-0.39, 0.29) is 0 Å². The lowest BCUT2D eigenvalue weighted by Gasteiger charge is -2.09. The molecule has 2 nitrogen and oxygen atoms in total. The lowest BCUT2D eigenvalue weighted by Crippen LogP contribution is -1.99. The fourth-order valence-corrected chi connectivity index (χ4v) is 1.76. The predicted octanol–water partition coefficient (Wildman–Crippen LogP) is 3.87. The minimum atomic E-state index is 0.769. The molecule has 0 amide bonds. The van der Waals surface area contributed by atoms with E-state index in [2.05, 4.69) is 36.4 Å². The zero-order valence-corrected chi connectivity index (χ0v) is 11.4. The van der Waals surface area contributed by atoms with Gasteiger partial charge in [-0.3, -0.25) is 0 Å². The Labute approximate surface area is 105 Å². The molecule has 15 heavy (non-hydrogen) atoms. The number of rotatable bonds is 6. The summed E-state index contributed by atoms with van der Waals surface area (Å²) in [6.07, 6.45) is 2.06. The Morgan fingerprint density at radius 1 is 1.07 bits per heavy atom. The highest BCUT2D eigenvalue weighted by Crippen LogP contribution is 2.25. The van der Waals surface area contributed by atoms with Crippen LogP contribution in [0, 0.1) is 3.57 Å². The maximum atomic E-state index is 5.58. The second-order valence-corrected chi connectivity index (χ2v) is 4.45. The molecular formula is C12H17IO2. The van der Waals surface area contributed by atoms with Crippen LogP contribution >= 0.6 is 22.6 Å². The summed E-state index contributed by atoms with van der Waals surface area (Å²) in [6.45, 7) is 5.74. The zero-order chi connectivity index (χ0) is 11.1. The highest BCUT2D eigenvalue weighted by molar-refractivity contribution is 14.1. The van der Waals surface area contributed by atoms with E-state index < -0.39 is 0 Å². The molecule has 1 aromatic carbocycles. The smallest absolute Gasteiger partial charge is 0.132 e. The van der Waals surface area contributed by atoms with Crippen LogP contribution in [-0.4, -0.2) is 13.2 Å². The first kappa shape index (κ1) is 12.6. The highest BCUT2D eigenvalue weighted by Gasteiger charge is 2.02. The van der Waals surface area contributed by atoms with Crippen LogP contribution in [-0.2, 0) is 0 Å². The summed E-state index contributed by atoms with van der Waals surface area (Å²) in [5.41, 5.74) is 0. The average Bonchev–Trinajstić information content (AvgIpc) is 2.25. The molecule has 0 aliphatic rings. The van der Waals surface area contributed by atoms with Crippen molar-refractivity contribution >= 4 is 22.6 Å². The van der Waals surface area contributed by atoms with Crippen molar-refractivity contribution in [2.45, 2.75) is 26.7 Å². The Morgan fingerprint density at radius 2 is 1.73 bits per heavy atom. The van der Waals surface area contributed by atoms with Crippen LogP contribution in [0.3, 0.4) is 0 Å². The summed E-state index contributed by atoms with van der Waals surface area (Å²) in [6, 6.07) is 5.95. The molecule has 0 fully saturated rings. The van der Waals surface area contributed by atoms with Gasteiger partial charge < -0.3 is 9.47 Å². The van der Waals surface area contributed by atoms with Gasteiger partial charge in [-0.15, -0.1) is 0 Å². The van der Waals surface area contributed by atoms with Crippen LogP contribution in [0.1, 0.15) is 26.7 Å². The van der Waals surface area contributed by atoms with E-state index in [1.165, 1.54) is 0 Å². The molecule has 3 heteroatoms. The molecule has 0 atom stereocenters. The molecule has 0 saturated heterocycles. The van der Waals surface area contributed by atoms with Gasteiger partial charge in [-0.05, 0) is 53.6 Å². The third-order valence-electron chi connectivity index (χ3n) is 1.84. The van der Waals surface area contributed by atoms with Crippen molar-refractivity contribution in [3.8, 4) is 11.5 Å². The lowest BCUT2D eigenvalue weighted by atomic mass is 10.3. The largest absolute Gasteiger partial charge is 0.494 e. The van der Waals surface area contributed by atoms with Crippen molar-refractivity contribution in [2.24, 2.45) is 0 Å². The van der Waals surface area contributed by atoms with Gasteiger partial charge in [-0.1, -0.05) is 13.8 Å². The monoisotopic (exact) mass is 320 g/mol. The van der Waals surface area contributed by atoms with E-state index in [9.17, 15) is 0 Å². The fraction of sp³-hybridized carbons (Fsp3) is 0.500. The van der Waals surface area contributed by atoms with Crippen LogP contribution < -0.4 is 9.47 Å². The van der Waals surface area contributed by atoms with Gasteiger partial charge in [0.25, 0.3) is 0 Å². The summed E-state index contributed by atoms with van der Waals surface area (Å²) >= 11 is 2.27. The van der Waals surface area contributed by atoms with Gasteiger partial charge in [-0.2, -0.15) is 0 Å². The van der Waals surface area contributed by atoms with Gasteiger partial charge in [-0.25, -0.2) is 0 Å². The third-order valence-corrected chi connectivity index (χ3v) is 2.68. The summed E-state index contributed by atoms with van der Waals surface area (Å²) in [5.74, 6) is 1.87. The van der Waals surface area contributed by atoms with Crippen molar-refractivity contribution < 1.29 is 9.47 Å². The summed E-state index contributed by atoms with van der Waals surface area (Å²) < 4.78 is 12.2. The van der Waals surface area contributed by atoms with Crippen LogP contribution in [0.4, 0.5) is 0 Å². The molecule has 84 valence electrons. The first-order chi connectivity index (χ1) is 7.27. The van der Waals surface area contributed by atoms with E-state index in [1.807, 2.05) is 18.2 Å². The van der Waals surface area contributed by atoms with Crippen molar-refractivity contribution in [1.29, 1.82) is 0 Å². The maximum absolute atomic E-state index is 5.58. The normalized spacial score (nSPS) is 10.1. The number of hydrogen-bond donors (Lipinski definition) is 0. The molecule has 1 aromatic rings. The van der Waals surface area contributed by atoms with Gasteiger partial charge >= 0.3 is 0 Å². The maximum Gasteiger partial charge on any atom is 0.132 e. The third kappa shape index (κ3) is 4.28. The van der Waals surface area contributed by atoms with Gasteiger partial charge in [0.15, 0.2) is 0 Å². The lowest BCUT2D eigenvalue weighted by molar-refractivity contribution is 0.307. The molecule has 0 aliphatic heterocycles. The Kier molecular flexibility index (Phi) is 5.83. The molecule has 0 bridgehead atoms. The van der Waals surface area contributed by atoms with Crippen LogP contribution in [0.2, 0.25) is 0 Å². The minimum absolute atomic E-state index is 0.769. The molecule has 0 N–H and O–H groups in total. The van der Waals surface area contributed by atoms with E-state index in [1.54, 1.807) is 0 Å². The molecule has 1 rings (SSSR count).